The normalized spacial score (nSPS) is 14.6. The molecule has 0 spiro atoms. The number of aromatic nitrogens is 2. The smallest absolute Gasteiger partial charge is 0.227 e. The highest BCUT2D eigenvalue weighted by Crippen LogP contribution is 2.34. The maximum absolute atomic E-state index is 13.5. The van der Waals surface area contributed by atoms with Crippen LogP contribution in [0.2, 0.25) is 0 Å². The molecule has 1 heterocycles. The zero-order chi connectivity index (χ0) is 24.8. The molecule has 1 aromatic heterocycles. The summed E-state index contributed by atoms with van der Waals surface area (Å²) in [5.41, 5.74) is 2.82. The first-order chi connectivity index (χ1) is 16.9. The van der Waals surface area contributed by atoms with E-state index >= 15 is 0 Å². The van der Waals surface area contributed by atoms with Crippen molar-refractivity contribution >= 4 is 0 Å². The van der Waals surface area contributed by atoms with Crippen molar-refractivity contribution in [3.05, 3.63) is 71.7 Å². The van der Waals surface area contributed by atoms with Crippen molar-refractivity contribution in [2.45, 2.75) is 58.8 Å². The lowest BCUT2D eigenvalue weighted by Crippen LogP contribution is -2.36. The Morgan fingerprint density at radius 2 is 1.83 bits per heavy atom. The molecule has 0 saturated heterocycles. The third-order valence-corrected chi connectivity index (χ3v) is 6.07. The van der Waals surface area contributed by atoms with Crippen molar-refractivity contribution in [2.75, 3.05) is 19.7 Å². The van der Waals surface area contributed by atoms with Crippen molar-refractivity contribution in [1.29, 1.82) is 0 Å². The van der Waals surface area contributed by atoms with Crippen molar-refractivity contribution in [2.24, 2.45) is 5.92 Å². The molecule has 4 rings (SSSR count). The summed E-state index contributed by atoms with van der Waals surface area (Å²) in [4.78, 5) is 2.29. The highest BCUT2D eigenvalue weighted by Gasteiger charge is 2.28. The van der Waals surface area contributed by atoms with E-state index in [1.54, 1.807) is 12.1 Å². The largest absolute Gasteiger partial charge is 0.439 e. The maximum Gasteiger partial charge on any atom is 0.227 e. The first kappa shape index (κ1) is 25.4. The molecule has 35 heavy (non-hydrogen) atoms. The number of ether oxygens (including phenoxy) is 2. The summed E-state index contributed by atoms with van der Waals surface area (Å²) in [7, 11) is 0. The van der Waals surface area contributed by atoms with Gasteiger partial charge in [-0.25, -0.2) is 9.07 Å². The van der Waals surface area contributed by atoms with Gasteiger partial charge in [0.25, 0.3) is 0 Å². The Bertz CT molecular complexity index is 1070. The summed E-state index contributed by atoms with van der Waals surface area (Å²) < 4.78 is 27.4. The van der Waals surface area contributed by atoms with Gasteiger partial charge in [-0.15, -0.1) is 0 Å². The molecular formula is C28H36FN3O3. The predicted octanol–water partition coefficient (Wildman–Crippen LogP) is 5.36. The summed E-state index contributed by atoms with van der Waals surface area (Å²) >= 11 is 0. The second-order valence-corrected chi connectivity index (χ2v) is 9.56. The molecule has 1 N–H and O–H groups in total. The minimum Gasteiger partial charge on any atom is -0.439 e. The summed E-state index contributed by atoms with van der Waals surface area (Å²) in [6.07, 6.45) is 2.68. The van der Waals surface area contributed by atoms with E-state index in [1.807, 2.05) is 48.9 Å². The van der Waals surface area contributed by atoms with Crippen LogP contribution in [0.3, 0.4) is 0 Å². The van der Waals surface area contributed by atoms with E-state index < -0.39 is 6.10 Å². The summed E-state index contributed by atoms with van der Waals surface area (Å²) in [5.74, 6) is 1.51. The molecule has 0 amide bonds. The molecule has 188 valence electrons. The van der Waals surface area contributed by atoms with Gasteiger partial charge >= 0.3 is 0 Å². The quantitative estimate of drug-likeness (QED) is 0.356. The topological polar surface area (TPSA) is 59.8 Å². The van der Waals surface area contributed by atoms with Crippen LogP contribution in [0.1, 0.15) is 44.9 Å². The predicted molar refractivity (Wildman–Crippen MR) is 135 cm³/mol. The van der Waals surface area contributed by atoms with Crippen LogP contribution in [0.25, 0.3) is 5.69 Å². The lowest BCUT2D eigenvalue weighted by atomic mass is 10.1. The molecule has 3 aromatic rings. The Hall–Kier alpha value is -2.74. The Morgan fingerprint density at radius 1 is 1.11 bits per heavy atom. The average Bonchev–Trinajstić information content (AvgIpc) is 3.60. The van der Waals surface area contributed by atoms with Crippen LogP contribution in [0.15, 0.2) is 54.6 Å². The Labute approximate surface area is 207 Å². The van der Waals surface area contributed by atoms with Gasteiger partial charge in [-0.3, -0.25) is 4.90 Å². The minimum atomic E-state index is -0.577. The van der Waals surface area contributed by atoms with Gasteiger partial charge in [-0.05, 0) is 75.4 Å². The maximum atomic E-state index is 13.5. The van der Waals surface area contributed by atoms with Gasteiger partial charge in [0.1, 0.15) is 11.6 Å². The third-order valence-electron chi connectivity index (χ3n) is 6.07. The Morgan fingerprint density at radius 3 is 2.46 bits per heavy atom. The lowest BCUT2D eigenvalue weighted by Gasteiger charge is -2.26. The number of aryl methyl sites for hydroxylation is 1. The monoisotopic (exact) mass is 481 g/mol. The molecule has 6 nitrogen and oxygen atoms in total. The van der Waals surface area contributed by atoms with E-state index in [1.165, 1.54) is 25.0 Å². The number of para-hydroxylation sites is 1. The summed E-state index contributed by atoms with van der Waals surface area (Å²) in [6, 6.07) is 15.9. The molecule has 1 atom stereocenters. The van der Waals surface area contributed by atoms with Crippen LogP contribution in [-0.4, -0.2) is 51.7 Å². The first-order valence-corrected chi connectivity index (χ1v) is 12.5. The number of aliphatic hydroxyl groups is 1. The number of benzene rings is 2. The van der Waals surface area contributed by atoms with Gasteiger partial charge in [0.2, 0.25) is 5.88 Å². The molecule has 7 heteroatoms. The average molecular weight is 482 g/mol. The van der Waals surface area contributed by atoms with E-state index in [0.717, 1.165) is 29.9 Å². The molecule has 2 aromatic carbocycles. The van der Waals surface area contributed by atoms with E-state index in [2.05, 4.69) is 11.8 Å². The second kappa shape index (κ2) is 11.8. The molecule has 1 unspecified atom stereocenters. The molecule has 1 saturated carbocycles. The van der Waals surface area contributed by atoms with Crippen LogP contribution in [0, 0.1) is 11.7 Å². The lowest BCUT2D eigenvalue weighted by molar-refractivity contribution is -0.0101. The number of nitrogens with zero attached hydrogens (tertiary/aromatic N) is 3. The SMILES string of the molecule is CCc1nn(-c2ccccc2)c(Oc2ccc(F)cc2)c1CN(CC(O)COC(C)C)CC1CC1. The molecule has 0 bridgehead atoms. The summed E-state index contributed by atoms with van der Waals surface area (Å²) in [5, 5.41) is 15.6. The van der Waals surface area contributed by atoms with Crippen LogP contribution in [-0.2, 0) is 17.7 Å². The standard InChI is InChI=1S/C28H36FN3O3/c1-4-27-26(18-31(16-21-10-11-21)17-24(33)19-34-20(2)3)28(35-25-14-12-22(29)13-15-25)32(30-27)23-8-6-5-7-9-23/h5-9,12-15,20-21,24,33H,4,10-11,16-19H2,1-3H3. The number of rotatable bonds is 13. The van der Waals surface area contributed by atoms with E-state index in [0.29, 0.717) is 37.2 Å². The fourth-order valence-electron chi connectivity index (χ4n) is 4.13. The molecule has 0 aliphatic heterocycles. The Balaban J connectivity index is 1.66. The van der Waals surface area contributed by atoms with Crippen LogP contribution < -0.4 is 4.74 Å². The molecule has 1 fully saturated rings. The highest BCUT2D eigenvalue weighted by molar-refractivity contribution is 5.43. The summed E-state index contributed by atoms with van der Waals surface area (Å²) in [6.45, 7) is 8.36. The van der Waals surface area contributed by atoms with E-state index in [4.69, 9.17) is 14.6 Å². The van der Waals surface area contributed by atoms with Crippen molar-refractivity contribution in [3.8, 4) is 17.3 Å². The molecule has 1 aliphatic carbocycles. The van der Waals surface area contributed by atoms with Gasteiger partial charge in [0.15, 0.2) is 0 Å². The third kappa shape index (κ3) is 7.13. The minimum absolute atomic E-state index is 0.0769. The fourth-order valence-corrected chi connectivity index (χ4v) is 4.13. The fraction of sp³-hybridized carbons (Fsp3) is 0.464. The van der Waals surface area contributed by atoms with E-state index in [-0.39, 0.29) is 11.9 Å². The Kier molecular flexibility index (Phi) is 8.55. The van der Waals surface area contributed by atoms with Crippen LogP contribution >= 0.6 is 0 Å². The van der Waals surface area contributed by atoms with Crippen molar-refractivity contribution < 1.29 is 19.0 Å². The van der Waals surface area contributed by atoms with E-state index in [9.17, 15) is 9.50 Å². The molecular weight excluding hydrogens is 445 g/mol. The van der Waals surface area contributed by atoms with Gasteiger partial charge < -0.3 is 14.6 Å². The van der Waals surface area contributed by atoms with Crippen molar-refractivity contribution in [3.63, 3.8) is 0 Å². The number of hydrogen-bond donors (Lipinski definition) is 1. The molecule has 1 aliphatic rings. The van der Waals surface area contributed by atoms with Crippen LogP contribution in [0.5, 0.6) is 11.6 Å². The first-order valence-electron chi connectivity index (χ1n) is 12.5. The number of hydrogen-bond acceptors (Lipinski definition) is 5. The van der Waals surface area contributed by atoms with Gasteiger partial charge in [0.05, 0.1) is 35.8 Å². The second-order valence-electron chi connectivity index (χ2n) is 9.56. The number of aliphatic hydroxyl groups excluding tert-OH is 1. The van der Waals surface area contributed by atoms with Gasteiger partial charge in [0, 0.05) is 19.6 Å². The zero-order valence-corrected chi connectivity index (χ0v) is 20.9. The zero-order valence-electron chi connectivity index (χ0n) is 20.9. The van der Waals surface area contributed by atoms with Crippen LogP contribution in [0.4, 0.5) is 4.39 Å². The highest BCUT2D eigenvalue weighted by atomic mass is 19.1. The van der Waals surface area contributed by atoms with Crippen molar-refractivity contribution in [1.82, 2.24) is 14.7 Å². The van der Waals surface area contributed by atoms with Gasteiger partial charge in [-0.1, -0.05) is 25.1 Å². The van der Waals surface area contributed by atoms with Gasteiger partial charge in [-0.2, -0.15) is 5.10 Å². The molecule has 0 radical (unpaired) electrons. The number of halogens is 1.